The van der Waals surface area contributed by atoms with Crippen LogP contribution in [0.25, 0.3) is 61.7 Å². The van der Waals surface area contributed by atoms with E-state index in [0.717, 1.165) is 88.9 Å². The Morgan fingerprint density at radius 2 is 1.30 bits per heavy atom. The quantitative estimate of drug-likeness (QED) is 0.152. The third-order valence-corrected chi connectivity index (χ3v) is 12.9. The Balaban J connectivity index is 1.34. The summed E-state index contributed by atoms with van der Waals surface area (Å²) >= 11 is 0. The van der Waals surface area contributed by atoms with Gasteiger partial charge in [-0.3, -0.25) is 0 Å². The number of aromatic nitrogens is 1. The highest BCUT2D eigenvalue weighted by molar-refractivity contribution is 6.15. The maximum atomic E-state index is 15.8. The zero-order valence-electron chi connectivity index (χ0n) is 35.2. The van der Waals surface area contributed by atoms with Crippen molar-refractivity contribution in [1.82, 2.24) is 4.57 Å². The highest BCUT2D eigenvalue weighted by atomic mass is 19.1. The molecule has 0 spiro atoms. The van der Waals surface area contributed by atoms with Crippen molar-refractivity contribution in [2.24, 2.45) is 0 Å². The van der Waals surface area contributed by atoms with Crippen molar-refractivity contribution in [3.8, 4) is 16.8 Å². The van der Waals surface area contributed by atoms with Gasteiger partial charge in [-0.2, -0.15) is 0 Å². The predicted molar refractivity (Wildman–Crippen MR) is 257 cm³/mol. The average Bonchev–Trinajstić information content (AvgIpc) is 3.95. The van der Waals surface area contributed by atoms with E-state index in [4.69, 9.17) is 4.42 Å². The predicted octanol–water partition coefficient (Wildman–Crippen LogP) is 15.9. The molecule has 2 heterocycles. The third-order valence-electron chi connectivity index (χ3n) is 12.9. The molecule has 8 aromatic carbocycles. The van der Waals surface area contributed by atoms with E-state index in [1.165, 1.54) is 12.1 Å². The Bertz CT molecular complexity index is 3440. The highest BCUT2D eigenvalue weighted by Crippen LogP contribution is 2.62. The van der Waals surface area contributed by atoms with Crippen LogP contribution in [0.2, 0.25) is 0 Å². The Morgan fingerprint density at radius 3 is 2.00 bits per heavy atom. The summed E-state index contributed by atoms with van der Waals surface area (Å²) in [4.78, 5) is 2.34. The van der Waals surface area contributed by atoms with Gasteiger partial charge in [0.25, 0.3) is 0 Å². The largest absolute Gasteiger partial charge is 0.455 e. The second-order valence-corrected chi connectivity index (χ2v) is 16.4. The van der Waals surface area contributed by atoms with Gasteiger partial charge < -0.3 is 13.9 Å². The van der Waals surface area contributed by atoms with E-state index >= 15 is 8.78 Å². The lowest BCUT2D eigenvalue weighted by Crippen LogP contribution is -2.30. The van der Waals surface area contributed by atoms with Crippen molar-refractivity contribution in [3.05, 3.63) is 239 Å². The van der Waals surface area contributed by atoms with Crippen LogP contribution in [0, 0.1) is 25.5 Å². The summed E-state index contributed by atoms with van der Waals surface area (Å²) in [6.45, 7) is 10.5. The van der Waals surface area contributed by atoms with E-state index < -0.39 is 5.41 Å². The molecule has 3 nitrogen and oxygen atoms in total. The fraction of sp³-hybridized carbons (Fsp3) is 0.0690. The summed E-state index contributed by atoms with van der Waals surface area (Å²) < 4.78 is 41.0. The second kappa shape index (κ2) is 14.7. The van der Waals surface area contributed by atoms with Gasteiger partial charge in [0.1, 0.15) is 23.0 Å². The SMILES string of the molecule is C=Cc1oc2c3c(c(C)c(N(c4ccc(C)cc4)c4ccc5c6ccccc6n(-c6ccccc6)c5c4)c2c1/C=C\C)C(c1cccc(F)c1)(c1cccc(F)c1)c1ccccc1-3. The van der Waals surface area contributed by atoms with Crippen LogP contribution in [0.3, 0.4) is 0 Å². The number of halogens is 2. The molecule has 0 unspecified atom stereocenters. The Hall–Kier alpha value is -7.76. The van der Waals surface area contributed by atoms with Crippen LogP contribution < -0.4 is 4.90 Å². The van der Waals surface area contributed by atoms with Crippen molar-refractivity contribution in [1.29, 1.82) is 0 Å². The maximum absolute atomic E-state index is 15.8. The van der Waals surface area contributed by atoms with Crippen molar-refractivity contribution >= 4 is 62.0 Å². The lowest BCUT2D eigenvalue weighted by Gasteiger charge is -2.37. The van der Waals surface area contributed by atoms with Crippen LogP contribution in [0.4, 0.5) is 25.8 Å². The standard InChI is InChI=1S/C58H42F2N2O/c1-5-16-48-52(6-2)63-57-53-47-24-10-12-25-49(47)58(38-17-14-19-40(59)33-38,39-18-15-20-41(60)34-39)55(53)37(4)56(54(48)57)61(43-29-27-36(3)28-30-43)44-31-32-46-45-23-11-13-26-50(45)62(51(46)35-44)42-21-8-7-9-22-42/h5-35H,2H2,1,3-4H3/b16-5-. The zero-order chi connectivity index (χ0) is 43.0. The second-order valence-electron chi connectivity index (χ2n) is 16.4. The van der Waals surface area contributed by atoms with Gasteiger partial charge in [-0.05, 0) is 127 Å². The molecule has 0 aliphatic heterocycles. The van der Waals surface area contributed by atoms with Crippen LogP contribution in [0.15, 0.2) is 187 Å². The first-order chi connectivity index (χ1) is 30.8. The fourth-order valence-corrected chi connectivity index (χ4v) is 10.4. The highest BCUT2D eigenvalue weighted by Gasteiger charge is 2.50. The van der Waals surface area contributed by atoms with Crippen molar-refractivity contribution in [2.45, 2.75) is 26.2 Å². The van der Waals surface area contributed by atoms with E-state index in [9.17, 15) is 0 Å². The lowest BCUT2D eigenvalue weighted by molar-refractivity contribution is 0.603. The van der Waals surface area contributed by atoms with Gasteiger partial charge >= 0.3 is 0 Å². The van der Waals surface area contributed by atoms with E-state index in [2.05, 4.69) is 139 Å². The molecule has 1 aliphatic rings. The molecule has 0 saturated heterocycles. The minimum Gasteiger partial charge on any atom is -0.455 e. The van der Waals surface area contributed by atoms with Crippen LogP contribution >= 0.6 is 0 Å². The van der Waals surface area contributed by atoms with Crippen molar-refractivity contribution in [3.63, 3.8) is 0 Å². The van der Waals surface area contributed by atoms with Gasteiger partial charge in [-0.1, -0.05) is 127 Å². The number of furan rings is 1. The number of hydrogen-bond acceptors (Lipinski definition) is 2. The van der Waals surface area contributed by atoms with Gasteiger partial charge in [0.2, 0.25) is 0 Å². The first kappa shape index (κ1) is 38.2. The molecule has 10 aromatic rings. The molecule has 11 rings (SSSR count). The number of para-hydroxylation sites is 2. The van der Waals surface area contributed by atoms with E-state index in [0.29, 0.717) is 22.5 Å². The summed E-state index contributed by atoms with van der Waals surface area (Å²) in [5.74, 6) is -0.120. The molecule has 1 aliphatic carbocycles. The van der Waals surface area contributed by atoms with E-state index in [1.807, 2.05) is 43.3 Å². The molecule has 63 heavy (non-hydrogen) atoms. The molecule has 5 heteroatoms. The molecule has 0 saturated carbocycles. The third kappa shape index (κ3) is 5.62. The molecule has 0 fully saturated rings. The number of allylic oxidation sites excluding steroid dienone is 1. The Morgan fingerprint density at radius 1 is 0.651 bits per heavy atom. The smallest absolute Gasteiger partial charge is 0.145 e. The zero-order valence-corrected chi connectivity index (χ0v) is 35.2. The van der Waals surface area contributed by atoms with Crippen LogP contribution in [0.5, 0.6) is 0 Å². The first-order valence-electron chi connectivity index (χ1n) is 21.3. The monoisotopic (exact) mass is 820 g/mol. The molecular weight excluding hydrogens is 779 g/mol. The average molecular weight is 821 g/mol. The number of anilines is 3. The summed E-state index contributed by atoms with van der Waals surface area (Å²) in [6.07, 6.45) is 5.89. The molecule has 0 radical (unpaired) electrons. The van der Waals surface area contributed by atoms with E-state index in [1.54, 1.807) is 30.3 Å². The minimum atomic E-state index is -1.15. The number of aryl methyl sites for hydroxylation is 1. The number of rotatable bonds is 8. The van der Waals surface area contributed by atoms with E-state index in [-0.39, 0.29) is 11.6 Å². The number of fused-ring (bicyclic) bond motifs is 8. The molecule has 304 valence electrons. The number of benzene rings is 8. The van der Waals surface area contributed by atoms with Gasteiger partial charge in [-0.15, -0.1) is 0 Å². The Labute approximate surface area is 365 Å². The summed E-state index contributed by atoms with van der Waals surface area (Å²) in [5.41, 5.74) is 13.5. The normalized spacial score (nSPS) is 13.0. The molecular formula is C58H42F2N2O. The lowest BCUT2D eigenvalue weighted by atomic mass is 9.66. The van der Waals surface area contributed by atoms with Gasteiger partial charge in [0, 0.05) is 39.0 Å². The Kier molecular flexibility index (Phi) is 8.91. The molecule has 0 atom stereocenters. The van der Waals surface area contributed by atoms with Gasteiger partial charge in [0.05, 0.1) is 27.5 Å². The summed E-state index contributed by atoms with van der Waals surface area (Å²) in [5, 5.41) is 3.21. The fourth-order valence-electron chi connectivity index (χ4n) is 10.4. The maximum Gasteiger partial charge on any atom is 0.145 e. The topological polar surface area (TPSA) is 21.3 Å². The van der Waals surface area contributed by atoms with Crippen LogP contribution in [-0.4, -0.2) is 4.57 Å². The van der Waals surface area contributed by atoms with Gasteiger partial charge in [0.15, 0.2) is 0 Å². The molecule has 0 amide bonds. The van der Waals surface area contributed by atoms with Gasteiger partial charge in [-0.25, -0.2) is 8.78 Å². The van der Waals surface area contributed by atoms with Crippen molar-refractivity contribution < 1.29 is 13.2 Å². The molecule has 0 N–H and O–H groups in total. The summed E-state index contributed by atoms with van der Waals surface area (Å²) in [6, 6.07) is 56.1. The first-order valence-corrected chi connectivity index (χ1v) is 21.3. The number of nitrogens with zero attached hydrogens (tertiary/aromatic N) is 2. The summed E-state index contributed by atoms with van der Waals surface area (Å²) in [7, 11) is 0. The van der Waals surface area contributed by atoms with Crippen LogP contribution in [0.1, 0.15) is 51.6 Å². The molecule has 0 bridgehead atoms. The van der Waals surface area contributed by atoms with Crippen molar-refractivity contribution in [2.75, 3.05) is 4.90 Å². The minimum absolute atomic E-state index is 0.376. The number of hydrogen-bond donors (Lipinski definition) is 0. The molecule has 2 aromatic heterocycles. The van der Waals surface area contributed by atoms with Crippen LogP contribution in [-0.2, 0) is 5.41 Å².